The summed E-state index contributed by atoms with van der Waals surface area (Å²) in [5.74, 6) is 0.396. The van der Waals surface area contributed by atoms with E-state index in [1.807, 2.05) is 31.2 Å². The number of aromatic nitrogens is 1. The molecule has 5 N–H and O–H groups in total. The van der Waals surface area contributed by atoms with E-state index < -0.39 is 5.60 Å². The molecule has 3 rings (SSSR count). The molecule has 0 spiro atoms. The molecule has 1 aromatic heterocycles. The van der Waals surface area contributed by atoms with E-state index >= 15 is 0 Å². The summed E-state index contributed by atoms with van der Waals surface area (Å²) in [6.45, 7) is 1.95. The van der Waals surface area contributed by atoms with Gasteiger partial charge in [0.05, 0.1) is 0 Å². The first kappa shape index (κ1) is 12.0. The second kappa shape index (κ2) is 3.96. The summed E-state index contributed by atoms with van der Waals surface area (Å²) in [6.07, 6.45) is 3.07. The van der Waals surface area contributed by atoms with Gasteiger partial charge in [0.25, 0.3) is 0 Å². The lowest BCUT2D eigenvalue weighted by Gasteiger charge is -2.27. The number of aliphatic hydroxyl groups is 1. The highest BCUT2D eigenvalue weighted by atomic mass is 16.3. The van der Waals surface area contributed by atoms with Crippen LogP contribution in [0.3, 0.4) is 0 Å². The zero-order valence-electron chi connectivity index (χ0n) is 10.9. The molecule has 1 heterocycles. The number of pyridine rings is 1. The number of rotatable bonds is 1. The third-order valence-electron chi connectivity index (χ3n) is 3.93. The number of aryl methyl sites for hydroxylation is 2. The first-order valence-corrected chi connectivity index (χ1v) is 6.35. The minimum absolute atomic E-state index is 0.396. The Hall–Kier alpha value is -2.07. The van der Waals surface area contributed by atoms with Crippen molar-refractivity contribution in [2.75, 3.05) is 11.5 Å². The number of nitrogens with two attached hydrogens (primary N) is 2. The fraction of sp³-hybridized carbons (Fsp3) is 0.267. The maximum absolute atomic E-state index is 11.1. The van der Waals surface area contributed by atoms with Gasteiger partial charge >= 0.3 is 0 Å². The van der Waals surface area contributed by atoms with Crippen LogP contribution >= 0.6 is 0 Å². The summed E-state index contributed by atoms with van der Waals surface area (Å²) < 4.78 is 0. The number of anilines is 2. The van der Waals surface area contributed by atoms with Crippen molar-refractivity contribution < 1.29 is 5.11 Å². The van der Waals surface area contributed by atoms with Crippen LogP contribution in [0.2, 0.25) is 0 Å². The van der Waals surface area contributed by atoms with Gasteiger partial charge in [-0.3, -0.25) is 0 Å². The molecule has 0 saturated carbocycles. The zero-order chi connectivity index (χ0) is 13.6. The summed E-state index contributed by atoms with van der Waals surface area (Å²) in [7, 11) is 0. The van der Waals surface area contributed by atoms with Crippen LogP contribution in [0.1, 0.15) is 28.7 Å². The van der Waals surface area contributed by atoms with E-state index in [0.717, 1.165) is 34.4 Å². The van der Waals surface area contributed by atoms with Crippen LogP contribution in [0, 0.1) is 6.92 Å². The van der Waals surface area contributed by atoms with E-state index in [4.69, 9.17) is 11.5 Å². The predicted octanol–water partition coefficient (Wildman–Crippen LogP) is 1.74. The van der Waals surface area contributed by atoms with E-state index in [2.05, 4.69) is 4.98 Å². The van der Waals surface area contributed by atoms with E-state index in [9.17, 15) is 5.11 Å². The minimum atomic E-state index is -1.05. The van der Waals surface area contributed by atoms with Gasteiger partial charge in [-0.1, -0.05) is 6.07 Å². The largest absolute Gasteiger partial charge is 0.399 e. The number of fused-ring (bicyclic) bond motifs is 1. The lowest BCUT2D eigenvalue weighted by atomic mass is 9.85. The Balaban J connectivity index is 2.22. The van der Waals surface area contributed by atoms with Gasteiger partial charge < -0.3 is 16.6 Å². The average Bonchev–Trinajstić information content (AvgIpc) is 2.67. The van der Waals surface area contributed by atoms with Crippen molar-refractivity contribution in [2.45, 2.75) is 25.4 Å². The Kier molecular flexibility index (Phi) is 2.50. The molecule has 0 radical (unpaired) electrons. The van der Waals surface area contributed by atoms with Crippen molar-refractivity contribution in [2.24, 2.45) is 0 Å². The number of benzene rings is 1. The summed E-state index contributed by atoms with van der Waals surface area (Å²) in [4.78, 5) is 4.11. The van der Waals surface area contributed by atoms with Crippen LogP contribution in [-0.2, 0) is 12.0 Å². The Bertz CT molecular complexity index is 634. The minimum Gasteiger partial charge on any atom is -0.399 e. The third-order valence-corrected chi connectivity index (χ3v) is 3.93. The SMILES string of the molecule is Cc1ccnc(N)c1C1(O)CCc2cc(N)ccc21. The first-order chi connectivity index (χ1) is 9.02. The molecule has 1 unspecified atom stereocenters. The standard InChI is InChI=1S/C15H17N3O/c1-9-5-7-18-14(17)13(9)15(19)6-4-10-8-11(16)2-3-12(10)15/h2-3,5,7-8,19H,4,6,16H2,1H3,(H2,17,18). The van der Waals surface area contributed by atoms with E-state index in [-0.39, 0.29) is 0 Å². The summed E-state index contributed by atoms with van der Waals surface area (Å²) in [5, 5.41) is 11.1. The van der Waals surface area contributed by atoms with Gasteiger partial charge in [-0.25, -0.2) is 4.98 Å². The summed E-state index contributed by atoms with van der Waals surface area (Å²) in [6, 6.07) is 7.51. The fourth-order valence-electron chi connectivity index (χ4n) is 3.05. The van der Waals surface area contributed by atoms with Gasteiger partial charge in [-0.2, -0.15) is 0 Å². The van der Waals surface area contributed by atoms with Crippen LogP contribution in [0.25, 0.3) is 0 Å². The fourth-order valence-corrected chi connectivity index (χ4v) is 3.05. The quantitative estimate of drug-likeness (QED) is 0.677. The Morgan fingerprint density at radius 3 is 2.79 bits per heavy atom. The highest BCUT2D eigenvalue weighted by Crippen LogP contribution is 2.45. The third kappa shape index (κ3) is 1.68. The Labute approximate surface area is 112 Å². The van der Waals surface area contributed by atoms with Crippen molar-refractivity contribution in [1.29, 1.82) is 0 Å². The molecule has 0 aliphatic heterocycles. The summed E-state index contributed by atoms with van der Waals surface area (Å²) >= 11 is 0. The van der Waals surface area contributed by atoms with Gasteiger partial charge in [0.1, 0.15) is 11.4 Å². The lowest BCUT2D eigenvalue weighted by molar-refractivity contribution is 0.0828. The van der Waals surface area contributed by atoms with E-state index in [0.29, 0.717) is 12.2 Å². The summed E-state index contributed by atoms with van der Waals surface area (Å²) in [5.41, 5.74) is 15.1. The molecule has 1 aliphatic carbocycles. The van der Waals surface area contributed by atoms with Gasteiger partial charge in [-0.05, 0) is 54.7 Å². The normalized spacial score (nSPS) is 21.4. The highest BCUT2D eigenvalue weighted by Gasteiger charge is 2.40. The Morgan fingerprint density at radius 2 is 2.05 bits per heavy atom. The van der Waals surface area contributed by atoms with Gasteiger partial charge in [0.2, 0.25) is 0 Å². The molecule has 0 amide bonds. The maximum atomic E-state index is 11.1. The molecule has 2 aromatic rings. The van der Waals surface area contributed by atoms with Crippen molar-refractivity contribution in [3.63, 3.8) is 0 Å². The van der Waals surface area contributed by atoms with Gasteiger partial charge in [0.15, 0.2) is 0 Å². The molecule has 0 saturated heterocycles. The highest BCUT2D eigenvalue weighted by molar-refractivity contribution is 5.58. The molecule has 1 aliphatic rings. The van der Waals surface area contributed by atoms with Crippen LogP contribution in [0.4, 0.5) is 11.5 Å². The number of hydrogen-bond acceptors (Lipinski definition) is 4. The van der Waals surface area contributed by atoms with Gasteiger partial charge in [0, 0.05) is 17.4 Å². The van der Waals surface area contributed by atoms with Crippen molar-refractivity contribution in [3.8, 4) is 0 Å². The molecule has 19 heavy (non-hydrogen) atoms. The monoisotopic (exact) mass is 255 g/mol. The van der Waals surface area contributed by atoms with E-state index in [1.165, 1.54) is 0 Å². The first-order valence-electron chi connectivity index (χ1n) is 6.35. The molecule has 4 nitrogen and oxygen atoms in total. The average molecular weight is 255 g/mol. The topological polar surface area (TPSA) is 85.2 Å². The molecular weight excluding hydrogens is 238 g/mol. The molecule has 1 aromatic carbocycles. The van der Waals surface area contributed by atoms with Crippen molar-refractivity contribution in [1.82, 2.24) is 4.98 Å². The molecule has 98 valence electrons. The zero-order valence-corrected chi connectivity index (χ0v) is 10.9. The molecular formula is C15H17N3O. The number of hydrogen-bond donors (Lipinski definition) is 3. The number of nitrogens with zero attached hydrogens (tertiary/aromatic N) is 1. The predicted molar refractivity (Wildman–Crippen MR) is 75.6 cm³/mol. The van der Waals surface area contributed by atoms with E-state index in [1.54, 1.807) is 6.20 Å². The van der Waals surface area contributed by atoms with Crippen LogP contribution < -0.4 is 11.5 Å². The van der Waals surface area contributed by atoms with Crippen molar-refractivity contribution in [3.05, 3.63) is 52.7 Å². The van der Waals surface area contributed by atoms with Gasteiger partial charge in [-0.15, -0.1) is 0 Å². The Morgan fingerprint density at radius 1 is 1.26 bits per heavy atom. The molecule has 4 heteroatoms. The molecule has 0 bridgehead atoms. The second-order valence-corrected chi connectivity index (χ2v) is 5.16. The molecule has 1 atom stereocenters. The van der Waals surface area contributed by atoms with Crippen LogP contribution in [0.5, 0.6) is 0 Å². The van der Waals surface area contributed by atoms with Crippen molar-refractivity contribution >= 4 is 11.5 Å². The van der Waals surface area contributed by atoms with Crippen LogP contribution in [-0.4, -0.2) is 10.1 Å². The molecule has 0 fully saturated rings. The smallest absolute Gasteiger partial charge is 0.130 e. The maximum Gasteiger partial charge on any atom is 0.130 e. The number of nitrogen functional groups attached to an aromatic ring is 2. The second-order valence-electron chi connectivity index (χ2n) is 5.16. The lowest BCUT2D eigenvalue weighted by Crippen LogP contribution is -2.27. The van der Waals surface area contributed by atoms with Crippen LogP contribution in [0.15, 0.2) is 30.5 Å².